The number of carboxylic acid groups (broad SMARTS) is 1. The van der Waals surface area contributed by atoms with Crippen molar-refractivity contribution < 1.29 is 9.90 Å². The highest BCUT2D eigenvalue weighted by atomic mass is 32.2. The number of benzene rings is 1. The summed E-state index contributed by atoms with van der Waals surface area (Å²) in [6, 6.07) is 10.5. The van der Waals surface area contributed by atoms with Crippen LogP contribution in [0.5, 0.6) is 0 Å². The molecule has 1 N–H and O–H groups in total. The molecule has 1 aromatic carbocycles. The molecule has 4 rings (SSSR count). The van der Waals surface area contributed by atoms with Gasteiger partial charge in [0.25, 0.3) is 0 Å². The molecule has 1 aromatic rings. The third kappa shape index (κ3) is 4.43. The standard InChI is InChI=1S/C23H29NO2S/c25-23(26)21-9-4-12-24(16-20-15-18-10-11-19(20)14-18)22(21)27-13-5-8-17-6-2-1-3-7-17/h1-4,6-7,9,18-20H,5,8,10-16H2,(H,25,26). The van der Waals surface area contributed by atoms with Crippen molar-refractivity contribution in [2.24, 2.45) is 17.8 Å². The minimum Gasteiger partial charge on any atom is -0.478 e. The summed E-state index contributed by atoms with van der Waals surface area (Å²) in [5.41, 5.74) is 1.84. The van der Waals surface area contributed by atoms with Crippen molar-refractivity contribution in [3.8, 4) is 0 Å². The van der Waals surface area contributed by atoms with Gasteiger partial charge in [-0.15, -0.1) is 11.8 Å². The van der Waals surface area contributed by atoms with E-state index >= 15 is 0 Å². The predicted molar refractivity (Wildman–Crippen MR) is 112 cm³/mol. The minimum absolute atomic E-state index is 0.481. The highest BCUT2D eigenvalue weighted by Gasteiger charge is 2.40. The van der Waals surface area contributed by atoms with E-state index in [1.165, 1.54) is 31.2 Å². The van der Waals surface area contributed by atoms with Crippen LogP contribution >= 0.6 is 11.8 Å². The molecule has 144 valence electrons. The first-order valence-electron chi connectivity index (χ1n) is 10.3. The molecule has 3 unspecified atom stereocenters. The second-order valence-electron chi connectivity index (χ2n) is 8.20. The lowest BCUT2D eigenvalue weighted by molar-refractivity contribution is -0.132. The number of carbonyl (C=O) groups is 1. The molecule has 27 heavy (non-hydrogen) atoms. The molecule has 3 atom stereocenters. The van der Waals surface area contributed by atoms with Gasteiger partial charge >= 0.3 is 5.97 Å². The van der Waals surface area contributed by atoms with Crippen LogP contribution < -0.4 is 0 Å². The van der Waals surface area contributed by atoms with Crippen LogP contribution in [0.25, 0.3) is 0 Å². The molecule has 2 fully saturated rings. The highest BCUT2D eigenvalue weighted by molar-refractivity contribution is 8.03. The molecular formula is C23H29NO2S. The number of thioether (sulfide) groups is 1. The molecule has 4 heteroatoms. The number of aryl methyl sites for hydroxylation is 1. The Morgan fingerprint density at radius 3 is 2.74 bits per heavy atom. The zero-order chi connectivity index (χ0) is 18.6. The van der Waals surface area contributed by atoms with Crippen molar-refractivity contribution in [3.63, 3.8) is 0 Å². The zero-order valence-electron chi connectivity index (χ0n) is 15.8. The summed E-state index contributed by atoms with van der Waals surface area (Å²) in [6.45, 7) is 1.88. The quantitative estimate of drug-likeness (QED) is 0.645. The zero-order valence-corrected chi connectivity index (χ0v) is 16.7. The molecule has 0 radical (unpaired) electrons. The molecule has 0 aromatic heterocycles. The normalized spacial score (nSPS) is 26.8. The smallest absolute Gasteiger partial charge is 0.338 e. The number of rotatable bonds is 8. The molecule has 3 nitrogen and oxygen atoms in total. The van der Waals surface area contributed by atoms with Gasteiger partial charge in [0.15, 0.2) is 0 Å². The fourth-order valence-corrected chi connectivity index (χ4v) is 6.21. The van der Waals surface area contributed by atoms with E-state index < -0.39 is 5.97 Å². The van der Waals surface area contributed by atoms with Crippen molar-refractivity contribution in [2.75, 3.05) is 18.8 Å². The maximum atomic E-state index is 11.8. The Morgan fingerprint density at radius 1 is 1.19 bits per heavy atom. The van der Waals surface area contributed by atoms with Crippen LogP contribution in [0.1, 0.15) is 37.7 Å². The van der Waals surface area contributed by atoms with Gasteiger partial charge in [-0.1, -0.05) is 42.8 Å². The molecule has 3 aliphatic rings. The molecule has 2 saturated carbocycles. The lowest BCUT2D eigenvalue weighted by Gasteiger charge is -2.34. The Kier molecular flexibility index (Phi) is 5.92. The van der Waals surface area contributed by atoms with Crippen molar-refractivity contribution in [1.82, 2.24) is 4.90 Å². The molecule has 2 aliphatic carbocycles. The Morgan fingerprint density at radius 2 is 2.04 bits per heavy atom. The van der Waals surface area contributed by atoms with Crippen LogP contribution in [-0.2, 0) is 11.2 Å². The summed E-state index contributed by atoms with van der Waals surface area (Å²) in [5.74, 6) is 2.73. The third-order valence-corrected chi connectivity index (χ3v) is 7.63. The summed E-state index contributed by atoms with van der Waals surface area (Å²) in [7, 11) is 0. The Balaban J connectivity index is 1.38. The molecule has 2 bridgehead atoms. The SMILES string of the molecule is O=C(O)C1=C(SCCCc2ccccc2)N(CC2CC3CCC2C3)CC=C1. The number of fused-ring (bicyclic) bond motifs is 2. The second kappa shape index (κ2) is 8.55. The van der Waals surface area contributed by atoms with Crippen LogP contribution in [-0.4, -0.2) is 34.8 Å². The average molecular weight is 384 g/mol. The maximum absolute atomic E-state index is 11.8. The lowest BCUT2D eigenvalue weighted by atomic mass is 9.88. The summed E-state index contributed by atoms with van der Waals surface area (Å²) >= 11 is 1.74. The summed E-state index contributed by atoms with van der Waals surface area (Å²) in [5, 5.41) is 10.7. The van der Waals surface area contributed by atoms with Crippen LogP contribution in [0.4, 0.5) is 0 Å². The Labute approximate surface area is 166 Å². The van der Waals surface area contributed by atoms with Gasteiger partial charge in [-0.05, 0) is 67.3 Å². The van der Waals surface area contributed by atoms with Gasteiger partial charge in [-0.3, -0.25) is 0 Å². The van der Waals surface area contributed by atoms with E-state index in [4.69, 9.17) is 0 Å². The van der Waals surface area contributed by atoms with Crippen molar-refractivity contribution in [2.45, 2.75) is 38.5 Å². The summed E-state index contributed by atoms with van der Waals surface area (Å²) < 4.78 is 0. The monoisotopic (exact) mass is 383 g/mol. The third-order valence-electron chi connectivity index (χ3n) is 6.39. The number of carboxylic acids is 1. The van der Waals surface area contributed by atoms with Gasteiger partial charge in [-0.25, -0.2) is 4.79 Å². The number of hydrogen-bond donors (Lipinski definition) is 1. The minimum atomic E-state index is -0.797. The van der Waals surface area contributed by atoms with Gasteiger partial charge in [0.2, 0.25) is 0 Å². The predicted octanol–water partition coefficient (Wildman–Crippen LogP) is 4.96. The fraction of sp³-hybridized carbons (Fsp3) is 0.522. The van der Waals surface area contributed by atoms with Crippen molar-refractivity contribution in [3.05, 3.63) is 58.6 Å². The van der Waals surface area contributed by atoms with E-state index in [0.29, 0.717) is 5.57 Å². The molecule has 1 aliphatic heterocycles. The molecule has 0 spiro atoms. The molecular weight excluding hydrogens is 354 g/mol. The van der Waals surface area contributed by atoms with Gasteiger partial charge in [0, 0.05) is 13.1 Å². The van der Waals surface area contributed by atoms with E-state index in [1.807, 2.05) is 12.1 Å². The van der Waals surface area contributed by atoms with Crippen LogP contribution in [0.3, 0.4) is 0 Å². The fourth-order valence-electron chi connectivity index (χ4n) is 5.08. The Bertz CT molecular complexity index is 727. The molecule has 0 saturated heterocycles. The van der Waals surface area contributed by atoms with Gasteiger partial charge < -0.3 is 10.0 Å². The first-order chi connectivity index (χ1) is 13.2. The van der Waals surface area contributed by atoms with E-state index in [0.717, 1.165) is 54.5 Å². The Hall–Kier alpha value is -1.68. The summed E-state index contributed by atoms with van der Waals surface area (Å²) in [6.07, 6.45) is 11.5. The van der Waals surface area contributed by atoms with Crippen molar-refractivity contribution in [1.29, 1.82) is 0 Å². The number of hydrogen-bond acceptors (Lipinski definition) is 3. The maximum Gasteiger partial charge on any atom is 0.338 e. The highest BCUT2D eigenvalue weighted by Crippen LogP contribution is 2.49. The van der Waals surface area contributed by atoms with E-state index in [9.17, 15) is 9.90 Å². The van der Waals surface area contributed by atoms with Gasteiger partial charge in [-0.2, -0.15) is 0 Å². The van der Waals surface area contributed by atoms with Crippen LogP contribution in [0.2, 0.25) is 0 Å². The van der Waals surface area contributed by atoms with E-state index in [-0.39, 0.29) is 0 Å². The first-order valence-corrected chi connectivity index (χ1v) is 11.2. The first kappa shape index (κ1) is 18.7. The molecule has 1 heterocycles. The number of aliphatic carboxylic acids is 1. The number of nitrogens with zero attached hydrogens (tertiary/aromatic N) is 1. The average Bonchev–Trinajstić information content (AvgIpc) is 3.30. The van der Waals surface area contributed by atoms with Gasteiger partial charge in [0.05, 0.1) is 10.6 Å². The lowest BCUT2D eigenvalue weighted by Crippen LogP contribution is -2.33. The van der Waals surface area contributed by atoms with E-state index in [1.54, 1.807) is 17.8 Å². The van der Waals surface area contributed by atoms with Gasteiger partial charge in [0.1, 0.15) is 0 Å². The molecule has 0 amide bonds. The van der Waals surface area contributed by atoms with Crippen LogP contribution in [0.15, 0.2) is 53.1 Å². The summed E-state index contributed by atoms with van der Waals surface area (Å²) in [4.78, 5) is 14.1. The van der Waals surface area contributed by atoms with E-state index in [2.05, 4.69) is 29.2 Å². The van der Waals surface area contributed by atoms with Crippen LogP contribution in [0, 0.1) is 17.8 Å². The largest absolute Gasteiger partial charge is 0.478 e. The topological polar surface area (TPSA) is 40.5 Å². The van der Waals surface area contributed by atoms with Crippen molar-refractivity contribution >= 4 is 17.7 Å². The second-order valence-corrected chi connectivity index (χ2v) is 9.29.